The highest BCUT2D eigenvalue weighted by Gasteiger charge is 2.01. The minimum atomic E-state index is -0.346. The van der Waals surface area contributed by atoms with E-state index >= 15 is 0 Å². The molecule has 0 heterocycles. The molecule has 0 aliphatic rings. The maximum Gasteiger partial charge on any atom is 0.126 e. The molecule has 0 saturated heterocycles. The first-order valence-electron chi connectivity index (χ1n) is 4.34. The summed E-state index contributed by atoms with van der Waals surface area (Å²) in [4.78, 5) is 0. The highest BCUT2D eigenvalue weighted by molar-refractivity contribution is 5.55. The van der Waals surface area contributed by atoms with Gasteiger partial charge in [-0.25, -0.2) is 4.39 Å². The minimum absolute atomic E-state index is 0.346. The maximum atomic E-state index is 13.0. The van der Waals surface area contributed by atoms with E-state index in [4.69, 9.17) is 5.73 Å². The molecule has 2 nitrogen and oxygen atoms in total. The predicted molar refractivity (Wildman–Crippen MR) is 56.4 cm³/mol. The van der Waals surface area contributed by atoms with E-state index < -0.39 is 0 Å². The molecule has 0 radical (unpaired) electrons. The van der Waals surface area contributed by atoms with Gasteiger partial charge in [-0.2, -0.15) is 0 Å². The van der Waals surface area contributed by atoms with Gasteiger partial charge in [0.2, 0.25) is 0 Å². The molecule has 0 aromatic heterocycles. The lowest BCUT2D eigenvalue weighted by atomic mass is 10.1. The van der Waals surface area contributed by atoms with Gasteiger partial charge in [0.15, 0.2) is 0 Å². The maximum absolute atomic E-state index is 13.0. The third-order valence-corrected chi connectivity index (χ3v) is 1.90. The van der Waals surface area contributed by atoms with E-state index in [-0.39, 0.29) is 5.82 Å². The second-order valence-corrected chi connectivity index (χ2v) is 3.00. The first-order valence-corrected chi connectivity index (χ1v) is 4.34. The van der Waals surface area contributed by atoms with Gasteiger partial charge in [0.05, 0.1) is 6.54 Å². The van der Waals surface area contributed by atoms with Gasteiger partial charge in [-0.05, 0) is 31.7 Å². The average molecular weight is 192 g/mol. The zero-order chi connectivity index (χ0) is 10.6. The number of nitrogen functional groups attached to an aromatic ring is 1. The van der Waals surface area contributed by atoms with Gasteiger partial charge < -0.3 is 11.1 Å². The number of hydrogen-bond donors (Lipinski definition) is 2. The molecule has 0 aliphatic heterocycles. The fourth-order valence-corrected chi connectivity index (χ4v) is 1.06. The Morgan fingerprint density at radius 1 is 1.50 bits per heavy atom. The predicted octanol–water partition coefficient (Wildman–Crippen LogP) is 1.29. The van der Waals surface area contributed by atoms with E-state index in [2.05, 4.69) is 17.2 Å². The van der Waals surface area contributed by atoms with Crippen molar-refractivity contribution in [3.8, 4) is 11.8 Å². The van der Waals surface area contributed by atoms with E-state index in [1.807, 2.05) is 14.0 Å². The Bertz CT molecular complexity index is 388. The topological polar surface area (TPSA) is 38.0 Å². The van der Waals surface area contributed by atoms with Crippen LogP contribution in [0.2, 0.25) is 0 Å². The Labute approximate surface area is 83.3 Å². The zero-order valence-corrected chi connectivity index (χ0v) is 8.32. The molecular weight excluding hydrogens is 179 g/mol. The Hall–Kier alpha value is -1.53. The van der Waals surface area contributed by atoms with Gasteiger partial charge in [-0.15, -0.1) is 0 Å². The Morgan fingerprint density at radius 3 is 2.86 bits per heavy atom. The van der Waals surface area contributed by atoms with Crippen LogP contribution >= 0.6 is 0 Å². The largest absolute Gasteiger partial charge is 0.398 e. The summed E-state index contributed by atoms with van der Waals surface area (Å²) in [6, 6.07) is 2.70. The Kier molecular flexibility index (Phi) is 3.49. The van der Waals surface area contributed by atoms with Crippen molar-refractivity contribution < 1.29 is 4.39 Å². The fourth-order valence-electron chi connectivity index (χ4n) is 1.06. The first-order chi connectivity index (χ1) is 6.65. The highest BCUT2D eigenvalue weighted by atomic mass is 19.1. The van der Waals surface area contributed by atoms with Gasteiger partial charge >= 0.3 is 0 Å². The van der Waals surface area contributed by atoms with Crippen LogP contribution in [0.5, 0.6) is 0 Å². The number of nitrogens with one attached hydrogen (secondary N) is 1. The second kappa shape index (κ2) is 4.64. The molecule has 0 saturated carbocycles. The summed E-state index contributed by atoms with van der Waals surface area (Å²) in [5.74, 6) is 5.38. The van der Waals surface area contributed by atoms with Crippen LogP contribution in [0.15, 0.2) is 12.1 Å². The van der Waals surface area contributed by atoms with Crippen LogP contribution in [0.1, 0.15) is 11.1 Å². The molecule has 0 unspecified atom stereocenters. The average Bonchev–Trinajstić information content (AvgIpc) is 2.13. The van der Waals surface area contributed by atoms with Crippen LogP contribution in [0.25, 0.3) is 0 Å². The van der Waals surface area contributed by atoms with Gasteiger partial charge in [0.25, 0.3) is 0 Å². The molecule has 0 spiro atoms. The SMILES string of the molecule is CNCC#Cc1cc(F)cc(N)c1C. The Balaban J connectivity index is 3.04. The smallest absolute Gasteiger partial charge is 0.126 e. The monoisotopic (exact) mass is 192 g/mol. The molecule has 74 valence electrons. The van der Waals surface area contributed by atoms with Crippen molar-refractivity contribution >= 4 is 5.69 Å². The summed E-state index contributed by atoms with van der Waals surface area (Å²) >= 11 is 0. The summed E-state index contributed by atoms with van der Waals surface area (Å²) < 4.78 is 13.0. The zero-order valence-electron chi connectivity index (χ0n) is 8.32. The molecule has 0 bridgehead atoms. The highest BCUT2D eigenvalue weighted by Crippen LogP contribution is 2.16. The normalized spacial score (nSPS) is 9.36. The number of rotatable bonds is 1. The van der Waals surface area contributed by atoms with E-state index in [0.717, 1.165) is 5.56 Å². The summed E-state index contributed by atoms with van der Waals surface area (Å²) in [6.45, 7) is 2.41. The van der Waals surface area contributed by atoms with Crippen LogP contribution in [-0.2, 0) is 0 Å². The van der Waals surface area contributed by atoms with E-state index in [0.29, 0.717) is 17.8 Å². The van der Waals surface area contributed by atoms with Crippen LogP contribution in [0.3, 0.4) is 0 Å². The molecule has 1 rings (SSSR count). The molecule has 0 amide bonds. The molecular formula is C11H13FN2. The molecule has 1 aromatic carbocycles. The third-order valence-electron chi connectivity index (χ3n) is 1.90. The van der Waals surface area contributed by atoms with Crippen LogP contribution < -0.4 is 11.1 Å². The van der Waals surface area contributed by atoms with Crippen molar-refractivity contribution in [2.24, 2.45) is 0 Å². The number of anilines is 1. The van der Waals surface area contributed by atoms with Crippen molar-refractivity contribution in [2.45, 2.75) is 6.92 Å². The van der Waals surface area contributed by atoms with Crippen molar-refractivity contribution in [3.63, 3.8) is 0 Å². The van der Waals surface area contributed by atoms with Crippen LogP contribution in [-0.4, -0.2) is 13.6 Å². The standard InChI is InChI=1S/C11H13FN2/c1-8-9(4-3-5-14-2)6-10(12)7-11(8)13/h6-7,14H,5,13H2,1-2H3. The number of benzene rings is 1. The molecule has 1 aromatic rings. The molecule has 3 N–H and O–H groups in total. The van der Waals surface area contributed by atoms with E-state index in [1.165, 1.54) is 12.1 Å². The lowest BCUT2D eigenvalue weighted by Crippen LogP contribution is -2.04. The third kappa shape index (κ3) is 2.48. The quantitative estimate of drug-likeness (QED) is 0.519. The van der Waals surface area contributed by atoms with Gasteiger partial charge in [-0.3, -0.25) is 0 Å². The molecule has 0 fully saturated rings. The number of halogens is 1. The second-order valence-electron chi connectivity index (χ2n) is 3.00. The molecule has 3 heteroatoms. The van der Waals surface area contributed by atoms with E-state index in [1.54, 1.807) is 0 Å². The van der Waals surface area contributed by atoms with Crippen molar-refractivity contribution in [3.05, 3.63) is 29.1 Å². The van der Waals surface area contributed by atoms with E-state index in [9.17, 15) is 4.39 Å². The van der Waals surface area contributed by atoms with Crippen LogP contribution in [0, 0.1) is 24.6 Å². The fraction of sp³-hybridized carbons (Fsp3) is 0.273. The van der Waals surface area contributed by atoms with Gasteiger partial charge in [0, 0.05) is 11.3 Å². The molecule has 0 aliphatic carbocycles. The molecule has 14 heavy (non-hydrogen) atoms. The molecule has 0 atom stereocenters. The van der Waals surface area contributed by atoms with Crippen molar-refractivity contribution in [1.29, 1.82) is 0 Å². The van der Waals surface area contributed by atoms with Crippen LogP contribution in [0.4, 0.5) is 10.1 Å². The lowest BCUT2D eigenvalue weighted by Gasteiger charge is -2.02. The summed E-state index contributed by atoms with van der Waals surface area (Å²) in [6.07, 6.45) is 0. The lowest BCUT2D eigenvalue weighted by molar-refractivity contribution is 0.627. The van der Waals surface area contributed by atoms with Gasteiger partial charge in [0.1, 0.15) is 5.82 Å². The minimum Gasteiger partial charge on any atom is -0.398 e. The van der Waals surface area contributed by atoms with Gasteiger partial charge in [-0.1, -0.05) is 11.8 Å². The Morgan fingerprint density at radius 2 is 2.21 bits per heavy atom. The summed E-state index contributed by atoms with van der Waals surface area (Å²) in [5.41, 5.74) is 7.52. The van der Waals surface area contributed by atoms with Crippen molar-refractivity contribution in [1.82, 2.24) is 5.32 Å². The van der Waals surface area contributed by atoms with Crippen molar-refractivity contribution in [2.75, 3.05) is 19.3 Å². The summed E-state index contributed by atoms with van der Waals surface area (Å²) in [5, 5.41) is 2.89. The first kappa shape index (κ1) is 10.6. The number of nitrogens with two attached hydrogens (primary N) is 1. The summed E-state index contributed by atoms with van der Waals surface area (Å²) in [7, 11) is 1.81. The number of hydrogen-bond acceptors (Lipinski definition) is 2.